The van der Waals surface area contributed by atoms with E-state index in [0.717, 1.165) is 24.5 Å². The first-order valence-corrected chi connectivity index (χ1v) is 5.74. The fraction of sp³-hybridized carbons (Fsp3) is 0.818. The average Bonchev–Trinajstić information content (AvgIpc) is 2.57. The average molecular weight is 209 g/mol. The maximum Gasteiger partial charge on any atom is 0.121 e. The Hall–Kier alpha value is -0.900. The first kappa shape index (κ1) is 10.6. The lowest BCUT2D eigenvalue weighted by atomic mass is 9.67. The Kier molecular flexibility index (Phi) is 3.05. The molecule has 15 heavy (non-hydrogen) atoms. The van der Waals surface area contributed by atoms with Crippen LogP contribution < -0.4 is 5.32 Å². The molecular formula is C11H19N3O. The Morgan fingerprint density at radius 2 is 2.20 bits per heavy atom. The smallest absolute Gasteiger partial charge is 0.121 e. The molecule has 1 aliphatic rings. The van der Waals surface area contributed by atoms with Crippen LogP contribution in [0.3, 0.4) is 0 Å². The number of aryl methyl sites for hydroxylation is 1. The number of hydrogen-bond acceptors (Lipinski definition) is 4. The van der Waals surface area contributed by atoms with Gasteiger partial charge in [0.25, 0.3) is 0 Å². The lowest BCUT2D eigenvalue weighted by Crippen LogP contribution is -2.39. The summed E-state index contributed by atoms with van der Waals surface area (Å²) in [4.78, 5) is 0. The zero-order valence-corrected chi connectivity index (χ0v) is 9.55. The minimum Gasteiger partial charge on any atom is -0.310 e. The van der Waals surface area contributed by atoms with E-state index < -0.39 is 0 Å². The monoisotopic (exact) mass is 209 g/mol. The van der Waals surface area contributed by atoms with Gasteiger partial charge in [0.05, 0.1) is 0 Å². The molecule has 1 fully saturated rings. The van der Waals surface area contributed by atoms with E-state index in [1.165, 1.54) is 25.7 Å². The number of hydrogen-bond donors (Lipinski definition) is 1. The molecule has 0 aromatic carbocycles. The van der Waals surface area contributed by atoms with Crippen molar-refractivity contribution in [3.8, 4) is 0 Å². The summed E-state index contributed by atoms with van der Waals surface area (Å²) in [7, 11) is 0. The molecule has 2 rings (SSSR count). The van der Waals surface area contributed by atoms with Gasteiger partial charge in [-0.1, -0.05) is 23.7 Å². The van der Waals surface area contributed by atoms with Crippen LogP contribution in [-0.2, 0) is 6.54 Å². The fourth-order valence-corrected chi connectivity index (χ4v) is 2.19. The van der Waals surface area contributed by atoms with Crippen LogP contribution in [0.1, 0.15) is 44.0 Å². The van der Waals surface area contributed by atoms with Gasteiger partial charge < -0.3 is 5.32 Å². The third kappa shape index (κ3) is 2.20. The highest BCUT2D eigenvalue weighted by molar-refractivity contribution is 5.04. The summed E-state index contributed by atoms with van der Waals surface area (Å²) in [6, 6.07) is 0. The van der Waals surface area contributed by atoms with Crippen LogP contribution >= 0.6 is 0 Å². The van der Waals surface area contributed by atoms with E-state index in [0.29, 0.717) is 5.41 Å². The van der Waals surface area contributed by atoms with E-state index in [2.05, 4.69) is 27.2 Å². The number of aromatic nitrogens is 2. The second-order valence-electron chi connectivity index (χ2n) is 4.61. The lowest BCUT2D eigenvalue weighted by molar-refractivity contribution is 0.123. The molecule has 0 spiro atoms. The van der Waals surface area contributed by atoms with Crippen molar-refractivity contribution in [1.82, 2.24) is 15.6 Å². The van der Waals surface area contributed by atoms with E-state index in [-0.39, 0.29) is 0 Å². The van der Waals surface area contributed by atoms with E-state index >= 15 is 0 Å². The summed E-state index contributed by atoms with van der Waals surface area (Å²) in [5.74, 6) is 0. The minimum absolute atomic E-state index is 0.561. The van der Waals surface area contributed by atoms with Gasteiger partial charge in [0.1, 0.15) is 11.4 Å². The third-order valence-electron chi connectivity index (χ3n) is 3.70. The van der Waals surface area contributed by atoms with Gasteiger partial charge in [0, 0.05) is 13.1 Å². The van der Waals surface area contributed by atoms with Gasteiger partial charge in [-0.15, -0.1) is 0 Å². The third-order valence-corrected chi connectivity index (χ3v) is 3.70. The lowest BCUT2D eigenvalue weighted by Gasteiger charge is -2.41. The Balaban J connectivity index is 1.77. The van der Waals surface area contributed by atoms with Gasteiger partial charge in [-0.3, -0.25) is 0 Å². The Morgan fingerprint density at radius 3 is 2.67 bits per heavy atom. The van der Waals surface area contributed by atoms with Gasteiger partial charge in [-0.05, 0) is 31.6 Å². The topological polar surface area (TPSA) is 51.0 Å². The van der Waals surface area contributed by atoms with Crippen LogP contribution in [0.5, 0.6) is 0 Å². The van der Waals surface area contributed by atoms with Crippen LogP contribution in [0, 0.1) is 12.3 Å². The summed E-state index contributed by atoms with van der Waals surface area (Å²) in [6.07, 6.45) is 5.40. The van der Waals surface area contributed by atoms with Crippen molar-refractivity contribution in [2.24, 2.45) is 5.41 Å². The van der Waals surface area contributed by atoms with Gasteiger partial charge in [0.2, 0.25) is 0 Å². The molecule has 0 aliphatic heterocycles. The zero-order chi connectivity index (χ0) is 10.7. The highest BCUT2D eigenvalue weighted by Crippen LogP contribution is 2.43. The van der Waals surface area contributed by atoms with E-state index in [1.54, 1.807) is 0 Å². The molecule has 0 unspecified atom stereocenters. The molecule has 0 saturated heterocycles. The molecule has 1 aromatic rings. The minimum atomic E-state index is 0.561. The maximum absolute atomic E-state index is 4.65. The maximum atomic E-state index is 4.65. The van der Waals surface area contributed by atoms with Crippen LogP contribution in [0.25, 0.3) is 0 Å². The van der Waals surface area contributed by atoms with Crippen molar-refractivity contribution in [3.05, 3.63) is 11.4 Å². The molecule has 4 heteroatoms. The normalized spacial score (nSPS) is 18.8. The molecule has 84 valence electrons. The molecular weight excluding hydrogens is 190 g/mol. The summed E-state index contributed by atoms with van der Waals surface area (Å²) < 4.78 is 4.65. The van der Waals surface area contributed by atoms with Gasteiger partial charge in [0.15, 0.2) is 0 Å². The van der Waals surface area contributed by atoms with Crippen molar-refractivity contribution < 1.29 is 4.63 Å². The van der Waals surface area contributed by atoms with Crippen molar-refractivity contribution in [3.63, 3.8) is 0 Å². The molecule has 0 atom stereocenters. The van der Waals surface area contributed by atoms with Gasteiger partial charge in [-0.25, -0.2) is 4.63 Å². The van der Waals surface area contributed by atoms with Crippen LogP contribution in [0.2, 0.25) is 0 Å². The molecule has 0 radical (unpaired) electrons. The molecule has 1 aromatic heterocycles. The highest BCUT2D eigenvalue weighted by atomic mass is 16.6. The summed E-state index contributed by atoms with van der Waals surface area (Å²) in [5.41, 5.74) is 2.38. The molecule has 4 nitrogen and oxygen atoms in total. The molecule has 1 heterocycles. The first-order valence-electron chi connectivity index (χ1n) is 5.74. The van der Waals surface area contributed by atoms with Crippen molar-refractivity contribution >= 4 is 0 Å². The van der Waals surface area contributed by atoms with Crippen LogP contribution in [0.4, 0.5) is 0 Å². The predicted octanol–water partition coefficient (Wildman–Crippen LogP) is 2.05. The fourth-order valence-electron chi connectivity index (χ4n) is 2.19. The Bertz CT molecular complexity index is 312. The highest BCUT2D eigenvalue weighted by Gasteiger charge is 2.34. The summed E-state index contributed by atoms with van der Waals surface area (Å²) in [5, 5.41) is 11.1. The van der Waals surface area contributed by atoms with Crippen molar-refractivity contribution in [2.75, 3.05) is 6.54 Å². The number of rotatable bonds is 5. The SMILES string of the molecule is CCC1(CNCc2nonc2C)CCC1. The largest absolute Gasteiger partial charge is 0.310 e. The molecule has 1 aliphatic carbocycles. The molecule has 0 amide bonds. The van der Waals surface area contributed by atoms with Gasteiger partial charge >= 0.3 is 0 Å². The van der Waals surface area contributed by atoms with Crippen LogP contribution in [-0.4, -0.2) is 16.9 Å². The van der Waals surface area contributed by atoms with Crippen LogP contribution in [0.15, 0.2) is 4.63 Å². The van der Waals surface area contributed by atoms with Gasteiger partial charge in [-0.2, -0.15) is 0 Å². The number of nitrogens with zero attached hydrogens (tertiary/aromatic N) is 2. The quantitative estimate of drug-likeness (QED) is 0.806. The van der Waals surface area contributed by atoms with E-state index in [4.69, 9.17) is 0 Å². The molecule has 1 N–H and O–H groups in total. The van der Waals surface area contributed by atoms with E-state index in [1.807, 2.05) is 6.92 Å². The van der Waals surface area contributed by atoms with E-state index in [9.17, 15) is 0 Å². The second kappa shape index (κ2) is 4.31. The summed E-state index contributed by atoms with van der Waals surface area (Å²) in [6.45, 7) is 6.07. The Labute approximate surface area is 90.4 Å². The summed E-state index contributed by atoms with van der Waals surface area (Å²) >= 11 is 0. The van der Waals surface area contributed by atoms with Crippen molar-refractivity contribution in [1.29, 1.82) is 0 Å². The predicted molar refractivity (Wildman–Crippen MR) is 57.3 cm³/mol. The first-order chi connectivity index (χ1) is 7.26. The second-order valence-corrected chi connectivity index (χ2v) is 4.61. The zero-order valence-electron chi connectivity index (χ0n) is 9.55. The standard InChI is InChI=1S/C11H19N3O/c1-3-11(5-4-6-11)8-12-7-10-9(2)13-15-14-10/h12H,3-8H2,1-2H3. The van der Waals surface area contributed by atoms with Crippen molar-refractivity contribution in [2.45, 2.75) is 46.1 Å². The molecule has 0 bridgehead atoms. The number of nitrogens with one attached hydrogen (secondary N) is 1. The molecule has 1 saturated carbocycles. The Morgan fingerprint density at radius 1 is 1.40 bits per heavy atom.